The molecule has 0 fully saturated rings. The molecular weight excluding hydrogens is 398 g/mol. The Bertz CT molecular complexity index is 883. The van der Waals surface area contributed by atoms with Crippen molar-refractivity contribution in [1.82, 2.24) is 0 Å². The van der Waals surface area contributed by atoms with Gasteiger partial charge >= 0.3 is 5.97 Å². The number of ether oxygens (including phenoxy) is 4. The normalized spacial score (nSPS) is 11.6. The average Bonchev–Trinajstić information content (AvgIpc) is 2.67. The molecule has 0 bridgehead atoms. The second-order valence-corrected chi connectivity index (χ2v) is 6.85. The van der Waals surface area contributed by atoms with Gasteiger partial charge in [-0.2, -0.15) is 0 Å². The number of benzene rings is 2. The smallest absolute Gasteiger partial charge is 0.339 e. The lowest BCUT2D eigenvalue weighted by atomic mass is 10.2. The van der Waals surface area contributed by atoms with Gasteiger partial charge in [-0.1, -0.05) is 11.6 Å². The standard InChI is InChI=1S/C21H24ClNO6/c1-12(2)28-18-8-6-14(10-19(18)27-5)21(25)29-13(3)20(24)23-16-11-15(22)7-9-17(16)26-4/h6-13H,1-5H3,(H,23,24). The fourth-order valence-corrected chi connectivity index (χ4v) is 2.61. The van der Waals surface area contributed by atoms with Crippen LogP contribution in [0.4, 0.5) is 5.69 Å². The van der Waals surface area contributed by atoms with Crippen molar-refractivity contribution >= 4 is 29.2 Å². The van der Waals surface area contributed by atoms with E-state index in [1.54, 1.807) is 30.3 Å². The highest BCUT2D eigenvalue weighted by molar-refractivity contribution is 6.31. The van der Waals surface area contributed by atoms with Crippen LogP contribution in [0.5, 0.6) is 17.2 Å². The molecule has 8 heteroatoms. The first kappa shape index (κ1) is 22.4. The van der Waals surface area contributed by atoms with Gasteiger partial charge in [0.25, 0.3) is 5.91 Å². The molecule has 2 aromatic carbocycles. The highest BCUT2D eigenvalue weighted by Crippen LogP contribution is 2.30. The summed E-state index contributed by atoms with van der Waals surface area (Å²) in [5.41, 5.74) is 0.614. The molecular formula is C21H24ClNO6. The van der Waals surface area contributed by atoms with Crippen LogP contribution in [0.2, 0.25) is 5.02 Å². The lowest BCUT2D eigenvalue weighted by Crippen LogP contribution is -2.30. The predicted octanol–water partition coefficient (Wildman–Crippen LogP) is 4.33. The van der Waals surface area contributed by atoms with Crippen molar-refractivity contribution < 1.29 is 28.5 Å². The number of hydrogen-bond donors (Lipinski definition) is 1. The maximum atomic E-state index is 12.4. The molecule has 2 aromatic rings. The molecule has 0 radical (unpaired) electrons. The van der Waals surface area contributed by atoms with Crippen molar-refractivity contribution in [3.8, 4) is 17.2 Å². The summed E-state index contributed by atoms with van der Waals surface area (Å²) in [4.78, 5) is 24.9. The largest absolute Gasteiger partial charge is 0.495 e. The molecule has 7 nitrogen and oxygen atoms in total. The van der Waals surface area contributed by atoms with Crippen molar-refractivity contribution in [3.63, 3.8) is 0 Å². The summed E-state index contributed by atoms with van der Waals surface area (Å²) in [6.45, 7) is 5.24. The Morgan fingerprint density at radius 1 is 0.931 bits per heavy atom. The van der Waals surface area contributed by atoms with E-state index in [-0.39, 0.29) is 11.7 Å². The zero-order valence-corrected chi connectivity index (χ0v) is 17.7. The minimum atomic E-state index is -1.05. The minimum Gasteiger partial charge on any atom is -0.495 e. The van der Waals surface area contributed by atoms with Gasteiger partial charge in [0.2, 0.25) is 0 Å². The summed E-state index contributed by atoms with van der Waals surface area (Å²) in [6.07, 6.45) is -1.10. The number of hydrogen-bond acceptors (Lipinski definition) is 6. The molecule has 1 N–H and O–H groups in total. The molecule has 0 saturated heterocycles. The number of rotatable bonds is 8. The molecule has 0 aliphatic rings. The number of esters is 1. The third-order valence-electron chi connectivity index (χ3n) is 3.83. The lowest BCUT2D eigenvalue weighted by molar-refractivity contribution is -0.123. The van der Waals surface area contributed by atoms with Crippen LogP contribution in [0, 0.1) is 0 Å². The molecule has 0 aromatic heterocycles. The van der Waals surface area contributed by atoms with Crippen LogP contribution < -0.4 is 19.5 Å². The van der Waals surface area contributed by atoms with Gasteiger partial charge in [0, 0.05) is 5.02 Å². The zero-order chi connectivity index (χ0) is 21.6. The number of carbonyl (C=O) groups excluding carboxylic acids is 2. The Kier molecular flexibility index (Phi) is 7.73. The molecule has 0 aliphatic carbocycles. The summed E-state index contributed by atoms with van der Waals surface area (Å²) in [5, 5.41) is 3.07. The summed E-state index contributed by atoms with van der Waals surface area (Å²) >= 11 is 5.96. The Hall–Kier alpha value is -2.93. The van der Waals surface area contributed by atoms with Crippen LogP contribution in [-0.4, -0.2) is 38.3 Å². The summed E-state index contributed by atoms with van der Waals surface area (Å²) < 4.78 is 21.4. The number of anilines is 1. The topological polar surface area (TPSA) is 83.1 Å². The van der Waals surface area contributed by atoms with Gasteiger partial charge in [0.05, 0.1) is 31.6 Å². The summed E-state index contributed by atoms with van der Waals surface area (Å²) in [6, 6.07) is 9.49. The Morgan fingerprint density at radius 3 is 2.21 bits per heavy atom. The first-order chi connectivity index (χ1) is 13.7. The number of amides is 1. The average molecular weight is 422 g/mol. The molecule has 1 unspecified atom stereocenters. The van der Waals surface area contributed by atoms with Gasteiger partial charge in [-0.15, -0.1) is 0 Å². The van der Waals surface area contributed by atoms with E-state index in [0.29, 0.717) is 28.0 Å². The Labute approximate surface area is 174 Å². The van der Waals surface area contributed by atoms with Crippen molar-refractivity contribution in [3.05, 3.63) is 47.0 Å². The van der Waals surface area contributed by atoms with Gasteiger partial charge in [0.15, 0.2) is 17.6 Å². The monoisotopic (exact) mass is 421 g/mol. The van der Waals surface area contributed by atoms with E-state index in [9.17, 15) is 9.59 Å². The summed E-state index contributed by atoms with van der Waals surface area (Å²) in [5.74, 6) is 0.157. The minimum absolute atomic E-state index is 0.0473. The van der Waals surface area contributed by atoms with E-state index >= 15 is 0 Å². The SMILES string of the molecule is COc1ccc(Cl)cc1NC(=O)C(C)OC(=O)c1ccc(OC(C)C)c(OC)c1. The molecule has 0 saturated carbocycles. The van der Waals surface area contributed by atoms with Gasteiger partial charge < -0.3 is 24.3 Å². The fraction of sp³-hybridized carbons (Fsp3) is 0.333. The molecule has 0 heterocycles. The van der Waals surface area contributed by atoms with Crippen molar-refractivity contribution in [2.24, 2.45) is 0 Å². The molecule has 0 spiro atoms. The van der Waals surface area contributed by atoms with Crippen LogP contribution in [0.3, 0.4) is 0 Å². The molecule has 29 heavy (non-hydrogen) atoms. The van der Waals surface area contributed by atoms with E-state index in [4.69, 9.17) is 30.5 Å². The van der Waals surface area contributed by atoms with Crippen LogP contribution >= 0.6 is 11.6 Å². The third-order valence-corrected chi connectivity index (χ3v) is 4.07. The van der Waals surface area contributed by atoms with Gasteiger partial charge in [0.1, 0.15) is 5.75 Å². The first-order valence-corrected chi connectivity index (χ1v) is 9.33. The highest BCUT2D eigenvalue weighted by Gasteiger charge is 2.21. The van der Waals surface area contributed by atoms with E-state index in [0.717, 1.165) is 0 Å². The van der Waals surface area contributed by atoms with Gasteiger partial charge in [-0.25, -0.2) is 4.79 Å². The summed E-state index contributed by atoms with van der Waals surface area (Å²) in [7, 11) is 2.95. The van der Waals surface area contributed by atoms with E-state index < -0.39 is 18.0 Å². The molecule has 1 amide bonds. The van der Waals surface area contributed by atoms with Crippen LogP contribution in [0.25, 0.3) is 0 Å². The van der Waals surface area contributed by atoms with Crippen LogP contribution in [0.15, 0.2) is 36.4 Å². The zero-order valence-electron chi connectivity index (χ0n) is 16.9. The Balaban J connectivity index is 2.08. The lowest BCUT2D eigenvalue weighted by Gasteiger charge is -2.17. The molecule has 2 rings (SSSR count). The maximum absolute atomic E-state index is 12.4. The predicted molar refractivity (Wildman–Crippen MR) is 110 cm³/mol. The van der Waals surface area contributed by atoms with E-state index in [1.165, 1.54) is 27.2 Å². The number of methoxy groups -OCH3 is 2. The van der Waals surface area contributed by atoms with E-state index in [1.807, 2.05) is 13.8 Å². The van der Waals surface area contributed by atoms with Gasteiger partial charge in [-0.3, -0.25) is 4.79 Å². The Morgan fingerprint density at radius 2 is 1.59 bits per heavy atom. The second kappa shape index (κ2) is 10.0. The van der Waals surface area contributed by atoms with Crippen molar-refractivity contribution in [1.29, 1.82) is 0 Å². The third kappa shape index (κ3) is 6.02. The number of halogens is 1. The second-order valence-electron chi connectivity index (χ2n) is 6.41. The first-order valence-electron chi connectivity index (χ1n) is 8.95. The molecule has 1 atom stereocenters. The number of nitrogens with one attached hydrogen (secondary N) is 1. The van der Waals surface area contributed by atoms with Crippen LogP contribution in [0.1, 0.15) is 31.1 Å². The van der Waals surface area contributed by atoms with Crippen molar-refractivity contribution in [2.75, 3.05) is 19.5 Å². The quantitative estimate of drug-likeness (QED) is 0.639. The molecule has 156 valence electrons. The molecule has 0 aliphatic heterocycles. The van der Waals surface area contributed by atoms with Crippen LogP contribution in [-0.2, 0) is 9.53 Å². The maximum Gasteiger partial charge on any atom is 0.339 e. The van der Waals surface area contributed by atoms with E-state index in [2.05, 4.69) is 5.32 Å². The highest BCUT2D eigenvalue weighted by atomic mass is 35.5. The van der Waals surface area contributed by atoms with Gasteiger partial charge in [-0.05, 0) is 57.2 Å². The number of carbonyl (C=O) groups is 2. The fourth-order valence-electron chi connectivity index (χ4n) is 2.44. The van der Waals surface area contributed by atoms with Crippen molar-refractivity contribution in [2.45, 2.75) is 33.0 Å².